The SMILES string of the molecule is C[C@@H]1CCCN(C(=O)[C@H]2CCCN(S(=O)(=O)c3ccccc3)C2)C1. The molecule has 2 heterocycles. The van der Waals surface area contributed by atoms with E-state index in [2.05, 4.69) is 6.92 Å². The highest BCUT2D eigenvalue weighted by Gasteiger charge is 2.35. The molecule has 1 aromatic rings. The predicted molar refractivity (Wildman–Crippen MR) is 92.9 cm³/mol. The van der Waals surface area contributed by atoms with Crippen molar-refractivity contribution in [3.8, 4) is 0 Å². The summed E-state index contributed by atoms with van der Waals surface area (Å²) in [5.41, 5.74) is 0. The van der Waals surface area contributed by atoms with Crippen molar-refractivity contribution in [3.05, 3.63) is 30.3 Å². The van der Waals surface area contributed by atoms with Crippen LogP contribution in [0, 0.1) is 11.8 Å². The van der Waals surface area contributed by atoms with Gasteiger partial charge in [-0.05, 0) is 43.7 Å². The second kappa shape index (κ2) is 7.23. The summed E-state index contributed by atoms with van der Waals surface area (Å²) in [4.78, 5) is 15.1. The molecule has 2 aliphatic heterocycles. The minimum absolute atomic E-state index is 0.134. The number of carbonyl (C=O) groups excluding carboxylic acids is 1. The molecule has 1 aromatic carbocycles. The lowest BCUT2D eigenvalue weighted by molar-refractivity contribution is -0.138. The van der Waals surface area contributed by atoms with Crippen molar-refractivity contribution in [1.29, 1.82) is 0 Å². The largest absolute Gasteiger partial charge is 0.342 e. The highest BCUT2D eigenvalue weighted by molar-refractivity contribution is 7.89. The maximum atomic E-state index is 12.8. The maximum Gasteiger partial charge on any atom is 0.243 e. The van der Waals surface area contributed by atoms with Gasteiger partial charge in [0, 0.05) is 26.2 Å². The molecule has 0 aliphatic carbocycles. The third-order valence-corrected chi connectivity index (χ3v) is 6.96. The Bertz CT molecular complexity index is 675. The number of sulfonamides is 1. The first-order valence-electron chi connectivity index (χ1n) is 8.82. The Morgan fingerprint density at radius 3 is 2.46 bits per heavy atom. The summed E-state index contributed by atoms with van der Waals surface area (Å²) >= 11 is 0. The Kier molecular flexibility index (Phi) is 5.25. The fraction of sp³-hybridized carbons (Fsp3) is 0.611. The van der Waals surface area contributed by atoms with Crippen molar-refractivity contribution in [2.45, 2.75) is 37.5 Å². The summed E-state index contributed by atoms with van der Waals surface area (Å²) in [6.07, 6.45) is 3.74. The fourth-order valence-corrected chi connectivity index (χ4v) is 5.30. The topological polar surface area (TPSA) is 57.7 Å². The molecular formula is C18H26N2O3S. The number of rotatable bonds is 3. The second-order valence-corrected chi connectivity index (χ2v) is 8.98. The van der Waals surface area contributed by atoms with E-state index >= 15 is 0 Å². The summed E-state index contributed by atoms with van der Waals surface area (Å²) in [5, 5.41) is 0. The smallest absolute Gasteiger partial charge is 0.243 e. The monoisotopic (exact) mass is 350 g/mol. The van der Waals surface area contributed by atoms with Gasteiger partial charge < -0.3 is 4.90 Å². The second-order valence-electron chi connectivity index (χ2n) is 7.05. The number of nitrogens with zero attached hydrogens (tertiary/aromatic N) is 2. The lowest BCUT2D eigenvalue weighted by atomic mass is 9.94. The quantitative estimate of drug-likeness (QED) is 0.841. The molecule has 2 atom stereocenters. The van der Waals surface area contributed by atoms with Crippen molar-refractivity contribution in [1.82, 2.24) is 9.21 Å². The van der Waals surface area contributed by atoms with Crippen LogP contribution in [0.1, 0.15) is 32.6 Å². The van der Waals surface area contributed by atoms with Crippen LogP contribution in [0.25, 0.3) is 0 Å². The molecule has 0 saturated carbocycles. The normalized spacial score (nSPS) is 26.3. The van der Waals surface area contributed by atoms with Crippen LogP contribution in [0.15, 0.2) is 35.2 Å². The molecule has 0 unspecified atom stereocenters. The first-order valence-corrected chi connectivity index (χ1v) is 10.3. The van der Waals surface area contributed by atoms with Crippen molar-refractivity contribution >= 4 is 15.9 Å². The molecule has 6 heteroatoms. The van der Waals surface area contributed by atoms with Gasteiger partial charge in [0.05, 0.1) is 10.8 Å². The fourth-order valence-electron chi connectivity index (χ4n) is 3.75. The van der Waals surface area contributed by atoms with Gasteiger partial charge in [0.2, 0.25) is 15.9 Å². The highest BCUT2D eigenvalue weighted by atomic mass is 32.2. The van der Waals surface area contributed by atoms with Gasteiger partial charge in [-0.25, -0.2) is 8.42 Å². The van der Waals surface area contributed by atoms with E-state index in [1.54, 1.807) is 30.3 Å². The Labute approximate surface area is 144 Å². The molecular weight excluding hydrogens is 324 g/mol. The molecule has 2 fully saturated rings. The Balaban J connectivity index is 1.71. The summed E-state index contributed by atoms with van der Waals surface area (Å²) in [6, 6.07) is 8.50. The van der Waals surface area contributed by atoms with Crippen LogP contribution in [-0.4, -0.2) is 49.7 Å². The Morgan fingerprint density at radius 1 is 1.04 bits per heavy atom. The van der Waals surface area contributed by atoms with Crippen LogP contribution in [0.5, 0.6) is 0 Å². The lowest BCUT2D eigenvalue weighted by Crippen LogP contribution is -2.48. The molecule has 2 aliphatic rings. The summed E-state index contributed by atoms with van der Waals surface area (Å²) in [5.74, 6) is 0.465. The average molecular weight is 350 g/mol. The Hall–Kier alpha value is -1.40. The molecule has 0 radical (unpaired) electrons. The molecule has 2 saturated heterocycles. The zero-order valence-corrected chi connectivity index (χ0v) is 15.0. The summed E-state index contributed by atoms with van der Waals surface area (Å²) in [6.45, 7) is 4.59. The lowest BCUT2D eigenvalue weighted by Gasteiger charge is -2.37. The Morgan fingerprint density at radius 2 is 1.75 bits per heavy atom. The molecule has 0 aromatic heterocycles. The molecule has 132 valence electrons. The molecule has 1 amide bonds. The third-order valence-electron chi connectivity index (χ3n) is 5.08. The van der Waals surface area contributed by atoms with Gasteiger partial charge in [-0.3, -0.25) is 4.79 Å². The van der Waals surface area contributed by atoms with E-state index in [-0.39, 0.29) is 11.8 Å². The van der Waals surface area contributed by atoms with Crippen LogP contribution in [0.4, 0.5) is 0 Å². The van der Waals surface area contributed by atoms with Gasteiger partial charge in [-0.1, -0.05) is 25.1 Å². The van der Waals surface area contributed by atoms with E-state index in [4.69, 9.17) is 0 Å². The van der Waals surface area contributed by atoms with E-state index in [1.165, 1.54) is 10.7 Å². The minimum atomic E-state index is -3.51. The third kappa shape index (κ3) is 3.64. The van der Waals surface area contributed by atoms with E-state index in [0.29, 0.717) is 23.9 Å². The van der Waals surface area contributed by atoms with E-state index in [0.717, 1.165) is 32.4 Å². The van der Waals surface area contributed by atoms with Gasteiger partial charge >= 0.3 is 0 Å². The van der Waals surface area contributed by atoms with Crippen molar-refractivity contribution in [2.75, 3.05) is 26.2 Å². The van der Waals surface area contributed by atoms with Crippen molar-refractivity contribution in [3.63, 3.8) is 0 Å². The van der Waals surface area contributed by atoms with Crippen LogP contribution in [0.3, 0.4) is 0 Å². The van der Waals surface area contributed by atoms with E-state index < -0.39 is 10.0 Å². The van der Waals surface area contributed by atoms with Gasteiger partial charge in [-0.15, -0.1) is 0 Å². The van der Waals surface area contributed by atoms with Gasteiger partial charge in [-0.2, -0.15) is 4.31 Å². The number of carbonyl (C=O) groups is 1. The predicted octanol–water partition coefficient (Wildman–Crippen LogP) is 2.35. The van der Waals surface area contributed by atoms with Crippen LogP contribution < -0.4 is 0 Å². The number of benzene rings is 1. The first-order chi connectivity index (χ1) is 11.5. The van der Waals surface area contributed by atoms with Gasteiger partial charge in [0.25, 0.3) is 0 Å². The standard InChI is InChI=1S/C18H26N2O3S/c1-15-7-5-11-19(13-15)18(21)16-8-6-12-20(14-16)24(22,23)17-9-3-2-4-10-17/h2-4,9-10,15-16H,5-8,11-14H2,1H3/t15-,16+/m1/s1. The van der Waals surface area contributed by atoms with Crippen LogP contribution in [-0.2, 0) is 14.8 Å². The van der Waals surface area contributed by atoms with Crippen LogP contribution >= 0.6 is 0 Å². The zero-order chi connectivity index (χ0) is 17.2. The summed E-state index contributed by atoms with van der Waals surface area (Å²) in [7, 11) is -3.51. The minimum Gasteiger partial charge on any atom is -0.342 e. The molecule has 0 N–H and O–H groups in total. The molecule has 5 nitrogen and oxygen atoms in total. The first kappa shape index (κ1) is 17.4. The highest BCUT2D eigenvalue weighted by Crippen LogP contribution is 2.26. The van der Waals surface area contributed by atoms with E-state index in [9.17, 15) is 13.2 Å². The van der Waals surface area contributed by atoms with Gasteiger partial charge in [0.1, 0.15) is 0 Å². The van der Waals surface area contributed by atoms with Crippen LogP contribution in [0.2, 0.25) is 0 Å². The average Bonchev–Trinajstić information content (AvgIpc) is 2.62. The van der Waals surface area contributed by atoms with Gasteiger partial charge in [0.15, 0.2) is 0 Å². The van der Waals surface area contributed by atoms with Crippen molar-refractivity contribution in [2.24, 2.45) is 11.8 Å². The maximum absolute atomic E-state index is 12.8. The zero-order valence-electron chi connectivity index (χ0n) is 14.2. The summed E-state index contributed by atoms with van der Waals surface area (Å²) < 4.78 is 27.1. The number of piperidine rings is 2. The molecule has 0 bridgehead atoms. The number of hydrogen-bond donors (Lipinski definition) is 0. The van der Waals surface area contributed by atoms with Crippen molar-refractivity contribution < 1.29 is 13.2 Å². The van der Waals surface area contributed by atoms with E-state index in [1.807, 2.05) is 4.90 Å². The molecule has 0 spiro atoms. The number of amides is 1. The number of hydrogen-bond acceptors (Lipinski definition) is 3. The molecule has 3 rings (SSSR count). The molecule has 24 heavy (non-hydrogen) atoms. The number of likely N-dealkylation sites (tertiary alicyclic amines) is 1.